The zero-order valence-electron chi connectivity index (χ0n) is 13.6. The van der Waals surface area contributed by atoms with Crippen LogP contribution in [0.2, 0.25) is 0 Å². The molecule has 0 aromatic carbocycles. The first-order valence-corrected chi connectivity index (χ1v) is 8.02. The second-order valence-corrected chi connectivity index (χ2v) is 6.18. The third-order valence-electron chi connectivity index (χ3n) is 4.58. The summed E-state index contributed by atoms with van der Waals surface area (Å²) in [5.41, 5.74) is 2.84. The Balaban J connectivity index is 1.73. The van der Waals surface area contributed by atoms with Gasteiger partial charge in [0, 0.05) is 36.8 Å². The maximum atomic E-state index is 11.5. The molecule has 3 heterocycles. The molecule has 0 radical (unpaired) electrons. The lowest BCUT2D eigenvalue weighted by atomic mass is 9.86. The number of aromatic nitrogens is 3. The normalized spacial score (nSPS) is 20.1. The molecule has 1 aliphatic carbocycles. The van der Waals surface area contributed by atoms with Crippen LogP contribution in [-0.4, -0.2) is 39.9 Å². The Morgan fingerprint density at radius 2 is 2.21 bits per heavy atom. The van der Waals surface area contributed by atoms with Crippen LogP contribution in [0.1, 0.15) is 30.3 Å². The van der Waals surface area contributed by atoms with Crippen LogP contribution in [0.3, 0.4) is 0 Å². The maximum Gasteiger partial charge on any atom is 0.230 e. The average molecular weight is 325 g/mol. The van der Waals surface area contributed by atoms with Gasteiger partial charge < -0.3 is 20.0 Å². The van der Waals surface area contributed by atoms with Crippen molar-refractivity contribution in [2.45, 2.75) is 31.8 Å². The molecule has 7 heteroatoms. The Morgan fingerprint density at radius 1 is 1.38 bits per heavy atom. The minimum absolute atomic E-state index is 0.119. The van der Waals surface area contributed by atoms with Crippen LogP contribution in [0.4, 0.5) is 5.69 Å². The molecule has 1 fully saturated rings. The van der Waals surface area contributed by atoms with Crippen molar-refractivity contribution in [3.05, 3.63) is 30.4 Å². The predicted molar refractivity (Wildman–Crippen MR) is 91.1 cm³/mol. The molecule has 0 spiro atoms. The number of fused-ring (bicyclic) bond motifs is 1. The number of ketones is 1. The summed E-state index contributed by atoms with van der Waals surface area (Å²) >= 11 is 0. The first-order valence-electron chi connectivity index (χ1n) is 8.02. The molecule has 3 aromatic heterocycles. The number of rotatable bonds is 5. The zero-order valence-corrected chi connectivity index (χ0v) is 13.6. The van der Waals surface area contributed by atoms with E-state index in [4.69, 9.17) is 4.42 Å². The lowest BCUT2D eigenvalue weighted by molar-refractivity contribution is 0.101. The number of oxazole rings is 1. The van der Waals surface area contributed by atoms with Gasteiger partial charge in [0.1, 0.15) is 17.6 Å². The monoisotopic (exact) mass is 325 g/mol. The number of Topliss-reactive ketones (excluding diaryl/α,β-unsaturated/α-hetero) is 1. The van der Waals surface area contributed by atoms with Crippen LogP contribution in [0, 0.1) is 0 Å². The molecule has 0 saturated heterocycles. The van der Waals surface area contributed by atoms with Gasteiger partial charge in [-0.3, -0.25) is 4.79 Å². The summed E-state index contributed by atoms with van der Waals surface area (Å²) in [5.74, 6) is 0.286. The van der Waals surface area contributed by atoms with Gasteiger partial charge in [-0.1, -0.05) is 0 Å². The van der Waals surface area contributed by atoms with Crippen LogP contribution in [0.5, 0.6) is 0 Å². The van der Waals surface area contributed by atoms with Gasteiger partial charge >= 0.3 is 0 Å². The number of carbonyl (C=O) groups excluding carboxylic acids is 1. The average Bonchev–Trinajstić information content (AvgIpc) is 3.18. The van der Waals surface area contributed by atoms with Crippen molar-refractivity contribution < 1.29 is 9.21 Å². The molecule has 1 aliphatic rings. The van der Waals surface area contributed by atoms with E-state index >= 15 is 0 Å². The first kappa shape index (κ1) is 14.9. The number of aromatic amines is 1. The largest absolute Gasteiger partial charge is 0.444 e. The SMILES string of the molecule is CN[C@H]1C[C@@H](Nc2c(-c3nc(C(C)=O)co3)cnc3[nH]ccc23)C1. The molecule has 24 heavy (non-hydrogen) atoms. The van der Waals surface area contributed by atoms with E-state index in [1.807, 2.05) is 19.3 Å². The molecule has 0 unspecified atom stereocenters. The van der Waals surface area contributed by atoms with E-state index in [9.17, 15) is 4.79 Å². The number of anilines is 1. The summed E-state index contributed by atoms with van der Waals surface area (Å²) < 4.78 is 5.52. The Morgan fingerprint density at radius 3 is 2.92 bits per heavy atom. The van der Waals surface area contributed by atoms with Crippen molar-refractivity contribution in [2.24, 2.45) is 0 Å². The van der Waals surface area contributed by atoms with Gasteiger partial charge in [-0.25, -0.2) is 9.97 Å². The van der Waals surface area contributed by atoms with E-state index in [1.165, 1.54) is 13.2 Å². The number of carbonyl (C=O) groups is 1. The van der Waals surface area contributed by atoms with Crippen LogP contribution < -0.4 is 10.6 Å². The highest BCUT2D eigenvalue weighted by Gasteiger charge is 2.29. The number of nitrogens with zero attached hydrogens (tertiary/aromatic N) is 2. The van der Waals surface area contributed by atoms with E-state index in [1.54, 1.807) is 6.20 Å². The molecule has 0 atom stereocenters. The summed E-state index contributed by atoms with van der Waals surface area (Å²) in [6.45, 7) is 1.47. The highest BCUT2D eigenvalue weighted by molar-refractivity contribution is 5.98. The first-order chi connectivity index (χ1) is 11.7. The minimum Gasteiger partial charge on any atom is -0.444 e. The maximum absolute atomic E-state index is 11.5. The molecule has 124 valence electrons. The number of H-pyrrole nitrogens is 1. The fraction of sp³-hybridized carbons (Fsp3) is 0.353. The van der Waals surface area contributed by atoms with Gasteiger partial charge in [0.15, 0.2) is 5.78 Å². The van der Waals surface area contributed by atoms with Crippen LogP contribution in [-0.2, 0) is 0 Å². The summed E-state index contributed by atoms with van der Waals surface area (Å²) in [7, 11) is 1.99. The predicted octanol–water partition coefficient (Wildman–Crippen LogP) is 2.58. The number of nitrogens with one attached hydrogen (secondary N) is 3. The van der Waals surface area contributed by atoms with Crippen molar-refractivity contribution in [2.75, 3.05) is 12.4 Å². The Kier molecular flexibility index (Phi) is 3.57. The fourth-order valence-corrected chi connectivity index (χ4v) is 3.06. The highest BCUT2D eigenvalue weighted by Crippen LogP contribution is 2.35. The third kappa shape index (κ3) is 2.46. The van der Waals surface area contributed by atoms with Crippen molar-refractivity contribution in [1.82, 2.24) is 20.3 Å². The van der Waals surface area contributed by atoms with Crippen molar-refractivity contribution in [3.8, 4) is 11.5 Å². The van der Waals surface area contributed by atoms with Crippen molar-refractivity contribution >= 4 is 22.5 Å². The van der Waals surface area contributed by atoms with E-state index in [-0.39, 0.29) is 5.78 Å². The number of pyridine rings is 1. The molecule has 0 bridgehead atoms. The van der Waals surface area contributed by atoms with E-state index < -0.39 is 0 Å². The molecule has 3 N–H and O–H groups in total. The van der Waals surface area contributed by atoms with Crippen LogP contribution >= 0.6 is 0 Å². The summed E-state index contributed by atoms with van der Waals surface area (Å²) in [6, 6.07) is 2.93. The molecule has 3 aromatic rings. The second kappa shape index (κ2) is 5.76. The molecule has 1 saturated carbocycles. The van der Waals surface area contributed by atoms with Gasteiger partial charge in [0.2, 0.25) is 5.89 Å². The zero-order chi connectivity index (χ0) is 16.7. The van der Waals surface area contributed by atoms with Crippen molar-refractivity contribution in [3.63, 3.8) is 0 Å². The quantitative estimate of drug-likeness (QED) is 0.624. The van der Waals surface area contributed by atoms with E-state index in [2.05, 4.69) is 25.6 Å². The lowest BCUT2D eigenvalue weighted by Crippen LogP contribution is -2.46. The third-order valence-corrected chi connectivity index (χ3v) is 4.58. The van der Waals surface area contributed by atoms with Gasteiger partial charge in [-0.15, -0.1) is 0 Å². The molecule has 0 amide bonds. The Bertz CT molecular complexity index is 891. The summed E-state index contributed by atoms with van der Waals surface area (Å²) in [4.78, 5) is 23.3. The molecule has 4 rings (SSSR count). The lowest BCUT2D eigenvalue weighted by Gasteiger charge is -2.36. The molecular formula is C17H19N5O2. The fourth-order valence-electron chi connectivity index (χ4n) is 3.06. The Labute approximate surface area is 138 Å². The second-order valence-electron chi connectivity index (χ2n) is 6.18. The van der Waals surface area contributed by atoms with E-state index in [0.717, 1.165) is 35.1 Å². The van der Waals surface area contributed by atoms with E-state index in [0.29, 0.717) is 23.7 Å². The molecule has 0 aliphatic heterocycles. The van der Waals surface area contributed by atoms with Gasteiger partial charge in [-0.05, 0) is 26.0 Å². The van der Waals surface area contributed by atoms with Gasteiger partial charge in [0.05, 0.1) is 11.3 Å². The number of hydrogen-bond donors (Lipinski definition) is 3. The van der Waals surface area contributed by atoms with Gasteiger partial charge in [0.25, 0.3) is 0 Å². The summed E-state index contributed by atoms with van der Waals surface area (Å²) in [5, 5.41) is 7.87. The minimum atomic E-state index is -0.119. The summed E-state index contributed by atoms with van der Waals surface area (Å²) in [6.07, 6.45) is 7.11. The molecular weight excluding hydrogens is 306 g/mol. The van der Waals surface area contributed by atoms with Gasteiger partial charge in [-0.2, -0.15) is 0 Å². The number of hydrogen-bond acceptors (Lipinski definition) is 6. The standard InChI is InChI=1S/C17H19N5O2/c1-9(23)14-8-24-17(22-14)13-7-20-16-12(3-4-19-16)15(13)21-11-5-10(6-11)18-2/h3-4,7-8,10-11,18H,5-6H2,1-2H3,(H2,19,20,21)/t10-,11+. The molecule has 7 nitrogen and oxygen atoms in total. The topological polar surface area (TPSA) is 95.8 Å². The highest BCUT2D eigenvalue weighted by atomic mass is 16.3. The smallest absolute Gasteiger partial charge is 0.230 e. The van der Waals surface area contributed by atoms with Crippen LogP contribution in [0.25, 0.3) is 22.5 Å². The van der Waals surface area contributed by atoms with Crippen LogP contribution in [0.15, 0.2) is 29.1 Å². The van der Waals surface area contributed by atoms with Crippen molar-refractivity contribution in [1.29, 1.82) is 0 Å². The Hall–Kier alpha value is -2.67.